The minimum absolute atomic E-state index is 0.0873. The molecule has 0 bridgehead atoms. The van der Waals surface area contributed by atoms with Crippen LogP contribution in [-0.4, -0.2) is 35.5 Å². The summed E-state index contributed by atoms with van der Waals surface area (Å²) in [7, 11) is 1.27. The quantitative estimate of drug-likeness (QED) is 0.597. The highest BCUT2D eigenvalue weighted by Gasteiger charge is 2.15. The molecule has 0 atom stereocenters. The van der Waals surface area contributed by atoms with Crippen LogP contribution in [0.3, 0.4) is 0 Å². The first-order chi connectivity index (χ1) is 14.1. The van der Waals surface area contributed by atoms with Crippen LogP contribution in [0.15, 0.2) is 60.9 Å². The van der Waals surface area contributed by atoms with E-state index in [9.17, 15) is 14.0 Å². The van der Waals surface area contributed by atoms with Crippen LogP contribution >= 0.6 is 0 Å². The summed E-state index contributed by atoms with van der Waals surface area (Å²) in [6.45, 7) is 0.466. The van der Waals surface area contributed by atoms with Gasteiger partial charge < -0.3 is 15.4 Å². The van der Waals surface area contributed by atoms with Gasteiger partial charge in [0.1, 0.15) is 17.3 Å². The number of rotatable bonds is 7. The zero-order valence-corrected chi connectivity index (χ0v) is 15.7. The van der Waals surface area contributed by atoms with Crippen molar-refractivity contribution in [2.24, 2.45) is 0 Å². The Kier molecular flexibility index (Phi) is 6.47. The highest BCUT2D eigenvalue weighted by molar-refractivity contribution is 6.06. The van der Waals surface area contributed by atoms with Crippen LogP contribution in [0.5, 0.6) is 0 Å². The molecule has 0 saturated carbocycles. The summed E-state index contributed by atoms with van der Waals surface area (Å²) in [5.74, 6) is -0.847. The third kappa shape index (κ3) is 5.13. The molecule has 8 heteroatoms. The van der Waals surface area contributed by atoms with Gasteiger partial charge in [0, 0.05) is 6.54 Å². The molecule has 3 rings (SSSR count). The molecule has 0 saturated heterocycles. The van der Waals surface area contributed by atoms with Crippen LogP contribution in [0.4, 0.5) is 15.9 Å². The molecule has 0 aliphatic rings. The Morgan fingerprint density at radius 2 is 1.79 bits per heavy atom. The van der Waals surface area contributed by atoms with Gasteiger partial charge in [-0.2, -0.15) is 0 Å². The lowest BCUT2D eigenvalue weighted by Crippen LogP contribution is -2.17. The molecule has 3 aromatic rings. The number of ether oxygens (including phenoxy) is 1. The van der Waals surface area contributed by atoms with Gasteiger partial charge in [-0.3, -0.25) is 4.79 Å². The number of para-hydroxylation sites is 1. The predicted molar refractivity (Wildman–Crippen MR) is 106 cm³/mol. The van der Waals surface area contributed by atoms with Gasteiger partial charge in [0.25, 0.3) is 5.91 Å². The van der Waals surface area contributed by atoms with Crippen molar-refractivity contribution in [2.75, 3.05) is 24.3 Å². The summed E-state index contributed by atoms with van der Waals surface area (Å²) in [5.41, 5.74) is 1.25. The van der Waals surface area contributed by atoms with Crippen molar-refractivity contribution in [3.8, 4) is 0 Å². The topological polar surface area (TPSA) is 93.2 Å². The second kappa shape index (κ2) is 9.41. The van der Waals surface area contributed by atoms with Gasteiger partial charge in [0.2, 0.25) is 0 Å². The van der Waals surface area contributed by atoms with Crippen LogP contribution in [0, 0.1) is 5.82 Å². The number of nitrogens with one attached hydrogen (secondary N) is 2. The van der Waals surface area contributed by atoms with E-state index in [2.05, 4.69) is 20.6 Å². The number of carbonyl (C=O) groups is 2. The minimum Gasteiger partial charge on any atom is -0.465 e. The molecule has 1 aromatic heterocycles. The Hall–Kier alpha value is -3.81. The van der Waals surface area contributed by atoms with E-state index >= 15 is 0 Å². The van der Waals surface area contributed by atoms with Crippen LogP contribution in [-0.2, 0) is 11.2 Å². The number of benzene rings is 2. The molecule has 2 N–H and O–H groups in total. The fourth-order valence-corrected chi connectivity index (χ4v) is 2.63. The van der Waals surface area contributed by atoms with Gasteiger partial charge in [-0.05, 0) is 30.2 Å². The maximum atomic E-state index is 13.6. The molecule has 0 aliphatic heterocycles. The van der Waals surface area contributed by atoms with E-state index in [1.54, 1.807) is 42.5 Å². The molecule has 1 heterocycles. The van der Waals surface area contributed by atoms with Gasteiger partial charge >= 0.3 is 5.97 Å². The zero-order valence-electron chi connectivity index (χ0n) is 15.7. The van der Waals surface area contributed by atoms with Crippen LogP contribution in [0.25, 0.3) is 0 Å². The molecular weight excluding hydrogens is 375 g/mol. The molecule has 0 unspecified atom stereocenters. The van der Waals surface area contributed by atoms with Crippen molar-refractivity contribution in [1.82, 2.24) is 9.97 Å². The molecule has 0 aliphatic carbocycles. The molecule has 29 heavy (non-hydrogen) atoms. The average Bonchev–Trinajstić information content (AvgIpc) is 2.75. The third-order valence-corrected chi connectivity index (χ3v) is 4.12. The first-order valence-corrected chi connectivity index (χ1v) is 8.86. The lowest BCUT2D eigenvalue weighted by molar-refractivity contribution is 0.0602. The summed E-state index contributed by atoms with van der Waals surface area (Å²) in [5, 5.41) is 5.66. The Bertz CT molecular complexity index is 1010. The lowest BCUT2D eigenvalue weighted by atomic mass is 10.1. The van der Waals surface area contributed by atoms with Crippen molar-refractivity contribution in [3.05, 3.63) is 83.6 Å². The predicted octanol–water partition coefficient (Wildman–Crippen LogP) is 3.31. The monoisotopic (exact) mass is 394 g/mol. The maximum Gasteiger partial charge on any atom is 0.339 e. The Labute approximate surface area is 167 Å². The van der Waals surface area contributed by atoms with Crippen molar-refractivity contribution < 1.29 is 18.7 Å². The van der Waals surface area contributed by atoms with Gasteiger partial charge in [-0.25, -0.2) is 19.2 Å². The molecule has 0 fully saturated rings. The molecule has 0 radical (unpaired) electrons. The number of nitrogens with zero attached hydrogens (tertiary/aromatic N) is 2. The molecule has 0 spiro atoms. The van der Waals surface area contributed by atoms with Gasteiger partial charge in [-0.15, -0.1) is 0 Å². The summed E-state index contributed by atoms with van der Waals surface area (Å²) in [4.78, 5) is 32.4. The number of hydrogen-bond donors (Lipinski definition) is 2. The Morgan fingerprint density at radius 3 is 2.52 bits per heavy atom. The van der Waals surface area contributed by atoms with Crippen LogP contribution in [0.1, 0.15) is 26.4 Å². The van der Waals surface area contributed by atoms with Crippen molar-refractivity contribution in [2.45, 2.75) is 6.42 Å². The highest BCUT2D eigenvalue weighted by atomic mass is 19.1. The van der Waals surface area contributed by atoms with E-state index in [-0.39, 0.29) is 17.1 Å². The summed E-state index contributed by atoms with van der Waals surface area (Å²) >= 11 is 0. The number of anilines is 2. The number of carbonyl (C=O) groups excluding carboxylic acids is 2. The van der Waals surface area contributed by atoms with Crippen LogP contribution in [0.2, 0.25) is 0 Å². The lowest BCUT2D eigenvalue weighted by Gasteiger charge is -2.10. The molecule has 148 valence electrons. The largest absolute Gasteiger partial charge is 0.465 e. The van der Waals surface area contributed by atoms with Gasteiger partial charge in [-0.1, -0.05) is 30.3 Å². The number of esters is 1. The molecule has 2 aromatic carbocycles. The minimum atomic E-state index is -0.554. The second-order valence-electron chi connectivity index (χ2n) is 6.05. The number of amides is 1. The Balaban J connectivity index is 1.59. The summed E-state index contributed by atoms with van der Waals surface area (Å²) in [6.07, 6.45) is 3.23. The SMILES string of the molecule is COC(=O)c1ccccc1NC(=O)c1cnc(NCCc2ccccc2F)cn1. The average molecular weight is 394 g/mol. The van der Waals surface area contributed by atoms with E-state index in [1.165, 1.54) is 25.6 Å². The number of methoxy groups -OCH3 is 1. The zero-order chi connectivity index (χ0) is 20.6. The number of hydrogen-bond acceptors (Lipinski definition) is 6. The third-order valence-electron chi connectivity index (χ3n) is 4.12. The normalized spacial score (nSPS) is 10.3. The van der Waals surface area contributed by atoms with Crippen LogP contribution < -0.4 is 10.6 Å². The van der Waals surface area contributed by atoms with Gasteiger partial charge in [0.15, 0.2) is 0 Å². The molecule has 7 nitrogen and oxygen atoms in total. The van der Waals surface area contributed by atoms with E-state index < -0.39 is 11.9 Å². The molecule has 1 amide bonds. The molecular formula is C21H19FN4O3. The fourth-order valence-electron chi connectivity index (χ4n) is 2.63. The van der Waals surface area contributed by atoms with E-state index in [1.807, 2.05) is 0 Å². The van der Waals surface area contributed by atoms with E-state index in [0.29, 0.717) is 30.0 Å². The first-order valence-electron chi connectivity index (χ1n) is 8.86. The smallest absolute Gasteiger partial charge is 0.339 e. The van der Waals surface area contributed by atoms with Crippen molar-refractivity contribution >= 4 is 23.4 Å². The van der Waals surface area contributed by atoms with Crippen molar-refractivity contribution in [3.63, 3.8) is 0 Å². The standard InChI is InChI=1S/C21H19FN4O3/c1-29-21(28)15-7-3-5-9-17(15)26-20(27)18-12-25-19(13-24-18)23-11-10-14-6-2-4-8-16(14)22/h2-9,12-13H,10-11H2,1H3,(H,23,25)(H,26,27). The van der Waals surface area contributed by atoms with Crippen molar-refractivity contribution in [1.29, 1.82) is 0 Å². The van der Waals surface area contributed by atoms with Gasteiger partial charge in [0.05, 0.1) is 30.8 Å². The van der Waals surface area contributed by atoms with E-state index in [0.717, 1.165) is 0 Å². The van der Waals surface area contributed by atoms with E-state index in [4.69, 9.17) is 4.74 Å². The highest BCUT2D eigenvalue weighted by Crippen LogP contribution is 2.17. The number of aromatic nitrogens is 2. The first kappa shape index (κ1) is 19.9. The second-order valence-corrected chi connectivity index (χ2v) is 6.05. The fraction of sp³-hybridized carbons (Fsp3) is 0.143. The summed E-state index contributed by atoms with van der Waals surface area (Å²) < 4.78 is 18.3. The Morgan fingerprint density at radius 1 is 1.03 bits per heavy atom. The summed E-state index contributed by atoms with van der Waals surface area (Å²) in [6, 6.07) is 13.1. The maximum absolute atomic E-state index is 13.6. The number of halogens is 1.